The van der Waals surface area contributed by atoms with E-state index >= 15 is 0 Å². The quantitative estimate of drug-likeness (QED) is 0.712. The lowest BCUT2D eigenvalue weighted by molar-refractivity contribution is 0.110. The molecule has 1 aromatic heterocycles. The minimum absolute atomic E-state index is 0.328. The monoisotopic (exact) mass is 348 g/mol. The van der Waals surface area contributed by atoms with Crippen LogP contribution in [0, 0.1) is 0 Å². The Morgan fingerprint density at radius 2 is 1.77 bits per heavy atom. The van der Waals surface area contributed by atoms with Gasteiger partial charge in [-0.25, -0.2) is 0 Å². The Bertz CT molecular complexity index is 811. The lowest BCUT2D eigenvalue weighted by Crippen LogP contribution is -2.26. The summed E-state index contributed by atoms with van der Waals surface area (Å²) in [6, 6.07) is 20.6. The zero-order valence-electron chi connectivity index (χ0n) is 14.8. The smallest absolute Gasteiger partial charge is 0.117 e. The first-order chi connectivity index (χ1) is 12.9. The lowest BCUT2D eigenvalue weighted by atomic mass is 10.1. The van der Waals surface area contributed by atoms with E-state index in [0.717, 1.165) is 42.9 Å². The second-order valence-electron chi connectivity index (χ2n) is 6.64. The molecule has 1 atom stereocenters. The third kappa shape index (κ3) is 4.18. The molecule has 0 bridgehead atoms. The van der Waals surface area contributed by atoms with E-state index in [-0.39, 0.29) is 0 Å². The molecule has 1 aliphatic rings. The van der Waals surface area contributed by atoms with Crippen LogP contribution < -0.4 is 5.32 Å². The van der Waals surface area contributed by atoms with Gasteiger partial charge in [0.2, 0.25) is 0 Å². The van der Waals surface area contributed by atoms with Crippen LogP contribution in [0.3, 0.4) is 0 Å². The average molecular weight is 348 g/mol. The molecule has 1 N–H and O–H groups in total. The van der Waals surface area contributed by atoms with Crippen molar-refractivity contribution in [3.05, 3.63) is 71.9 Å². The van der Waals surface area contributed by atoms with Gasteiger partial charge in [0.05, 0.1) is 12.6 Å². The molecule has 1 aliphatic heterocycles. The molecule has 0 unspecified atom stereocenters. The van der Waals surface area contributed by atoms with Crippen LogP contribution in [0.25, 0.3) is 11.3 Å². The maximum atomic E-state index is 5.69. The highest BCUT2D eigenvalue weighted by molar-refractivity contribution is 5.60. The molecule has 1 fully saturated rings. The van der Waals surface area contributed by atoms with Gasteiger partial charge in [-0.3, -0.25) is 0 Å². The molecule has 26 heavy (non-hydrogen) atoms. The van der Waals surface area contributed by atoms with E-state index in [4.69, 9.17) is 14.9 Å². The van der Waals surface area contributed by atoms with Crippen LogP contribution in [-0.2, 0) is 17.8 Å². The molecule has 0 spiro atoms. The van der Waals surface area contributed by atoms with E-state index in [2.05, 4.69) is 29.6 Å². The Hall–Kier alpha value is -2.50. The van der Waals surface area contributed by atoms with Crippen LogP contribution in [0.5, 0.6) is 0 Å². The average Bonchev–Trinajstić information content (AvgIpc) is 3.34. The SMILES string of the molecule is c1ccc(Cn2nc(CNC[C@H]3CCCO3)c(-c3ccccc3)n2)cc1. The first-order valence-electron chi connectivity index (χ1n) is 9.24. The number of hydrogen-bond donors (Lipinski definition) is 1. The van der Waals surface area contributed by atoms with Crippen molar-refractivity contribution in [2.24, 2.45) is 0 Å². The summed E-state index contributed by atoms with van der Waals surface area (Å²) < 4.78 is 5.69. The zero-order valence-corrected chi connectivity index (χ0v) is 14.8. The summed E-state index contributed by atoms with van der Waals surface area (Å²) in [6.07, 6.45) is 2.63. The van der Waals surface area contributed by atoms with Gasteiger partial charge in [-0.15, -0.1) is 0 Å². The molecule has 4 rings (SSSR count). The van der Waals surface area contributed by atoms with E-state index < -0.39 is 0 Å². The Morgan fingerprint density at radius 1 is 1.00 bits per heavy atom. The van der Waals surface area contributed by atoms with Crippen molar-refractivity contribution in [1.82, 2.24) is 20.3 Å². The van der Waals surface area contributed by atoms with Crippen molar-refractivity contribution >= 4 is 0 Å². The molecule has 0 radical (unpaired) electrons. The van der Waals surface area contributed by atoms with Crippen LogP contribution in [0.1, 0.15) is 24.1 Å². The Labute approximate surface area is 154 Å². The number of nitrogens with one attached hydrogen (secondary N) is 1. The Kier molecular flexibility index (Phi) is 5.38. The molecule has 5 heteroatoms. The molecular weight excluding hydrogens is 324 g/mol. The number of rotatable bonds is 7. The van der Waals surface area contributed by atoms with Crippen LogP contribution in [0.15, 0.2) is 60.7 Å². The largest absolute Gasteiger partial charge is 0.377 e. The van der Waals surface area contributed by atoms with Crippen molar-refractivity contribution < 1.29 is 4.74 Å². The fourth-order valence-electron chi connectivity index (χ4n) is 3.30. The summed E-state index contributed by atoms with van der Waals surface area (Å²) in [5, 5.41) is 13.0. The third-order valence-electron chi connectivity index (χ3n) is 4.63. The van der Waals surface area contributed by atoms with Crippen LogP contribution >= 0.6 is 0 Å². The van der Waals surface area contributed by atoms with Gasteiger partial charge in [0, 0.05) is 25.3 Å². The fourth-order valence-corrected chi connectivity index (χ4v) is 3.30. The highest BCUT2D eigenvalue weighted by Gasteiger charge is 2.17. The summed E-state index contributed by atoms with van der Waals surface area (Å²) in [5.41, 5.74) is 4.22. The van der Waals surface area contributed by atoms with Crippen molar-refractivity contribution in [3.63, 3.8) is 0 Å². The summed E-state index contributed by atoms with van der Waals surface area (Å²) in [7, 11) is 0. The number of benzene rings is 2. The normalized spacial score (nSPS) is 16.8. The summed E-state index contributed by atoms with van der Waals surface area (Å²) >= 11 is 0. The predicted molar refractivity (Wildman–Crippen MR) is 102 cm³/mol. The van der Waals surface area contributed by atoms with Crippen molar-refractivity contribution in [1.29, 1.82) is 0 Å². The maximum absolute atomic E-state index is 5.69. The van der Waals surface area contributed by atoms with Crippen molar-refractivity contribution in [2.75, 3.05) is 13.2 Å². The minimum Gasteiger partial charge on any atom is -0.377 e. The van der Waals surface area contributed by atoms with Gasteiger partial charge in [-0.2, -0.15) is 15.0 Å². The topological polar surface area (TPSA) is 52.0 Å². The zero-order chi connectivity index (χ0) is 17.6. The first kappa shape index (κ1) is 16.9. The fraction of sp³-hybridized carbons (Fsp3) is 0.333. The number of nitrogens with zero attached hydrogens (tertiary/aromatic N) is 3. The number of hydrogen-bond acceptors (Lipinski definition) is 4. The second-order valence-corrected chi connectivity index (χ2v) is 6.64. The Balaban J connectivity index is 1.52. The molecular formula is C21H24N4O. The lowest BCUT2D eigenvalue weighted by Gasteiger charge is -2.10. The van der Waals surface area contributed by atoms with Crippen LogP contribution in [-0.4, -0.2) is 34.2 Å². The molecule has 0 aliphatic carbocycles. The first-order valence-corrected chi connectivity index (χ1v) is 9.24. The van der Waals surface area contributed by atoms with E-state index in [0.29, 0.717) is 19.2 Å². The van der Waals surface area contributed by atoms with E-state index in [1.165, 1.54) is 5.56 Å². The molecule has 0 saturated carbocycles. The van der Waals surface area contributed by atoms with E-state index in [1.807, 2.05) is 36.4 Å². The highest BCUT2D eigenvalue weighted by atomic mass is 16.5. The molecule has 5 nitrogen and oxygen atoms in total. The predicted octanol–water partition coefficient (Wildman–Crippen LogP) is 3.26. The highest BCUT2D eigenvalue weighted by Crippen LogP contribution is 2.20. The number of ether oxygens (including phenoxy) is 1. The van der Waals surface area contributed by atoms with Gasteiger partial charge < -0.3 is 10.1 Å². The minimum atomic E-state index is 0.328. The van der Waals surface area contributed by atoms with Crippen LogP contribution in [0.4, 0.5) is 0 Å². The summed E-state index contributed by atoms with van der Waals surface area (Å²) in [4.78, 5) is 1.79. The molecule has 2 aromatic carbocycles. The molecule has 0 amide bonds. The van der Waals surface area contributed by atoms with Crippen LogP contribution in [0.2, 0.25) is 0 Å². The van der Waals surface area contributed by atoms with Gasteiger partial charge in [-0.1, -0.05) is 60.7 Å². The molecule has 1 saturated heterocycles. The summed E-state index contributed by atoms with van der Waals surface area (Å²) in [6.45, 7) is 3.11. The van der Waals surface area contributed by atoms with Gasteiger partial charge >= 0.3 is 0 Å². The second kappa shape index (κ2) is 8.25. The van der Waals surface area contributed by atoms with E-state index in [9.17, 15) is 0 Å². The van der Waals surface area contributed by atoms with Gasteiger partial charge in [-0.05, 0) is 18.4 Å². The number of aromatic nitrogens is 3. The molecule has 3 aromatic rings. The third-order valence-corrected chi connectivity index (χ3v) is 4.63. The summed E-state index contributed by atoms with van der Waals surface area (Å²) in [5.74, 6) is 0. The molecule has 2 heterocycles. The van der Waals surface area contributed by atoms with Crippen molar-refractivity contribution in [2.45, 2.75) is 32.0 Å². The van der Waals surface area contributed by atoms with Gasteiger partial charge in [0.1, 0.15) is 11.4 Å². The van der Waals surface area contributed by atoms with Gasteiger partial charge in [0.25, 0.3) is 0 Å². The maximum Gasteiger partial charge on any atom is 0.117 e. The Morgan fingerprint density at radius 3 is 2.50 bits per heavy atom. The molecule has 134 valence electrons. The van der Waals surface area contributed by atoms with Gasteiger partial charge in [0.15, 0.2) is 0 Å². The standard InChI is InChI=1S/C21H24N4O/c1-3-8-17(9-4-1)16-25-23-20(15-22-14-19-12-7-13-26-19)21(24-25)18-10-5-2-6-11-18/h1-6,8-11,19,22H,7,12-16H2/t19-/m1/s1. The van der Waals surface area contributed by atoms with Crippen molar-refractivity contribution in [3.8, 4) is 11.3 Å². The van der Waals surface area contributed by atoms with E-state index in [1.54, 1.807) is 4.80 Å².